The second-order valence-corrected chi connectivity index (χ2v) is 4.43. The van der Waals surface area contributed by atoms with Gasteiger partial charge in [-0.25, -0.2) is 0 Å². The number of hydrogen-bond donors (Lipinski definition) is 2. The van der Waals surface area contributed by atoms with Crippen LogP contribution in [0.4, 0.5) is 0 Å². The van der Waals surface area contributed by atoms with Crippen LogP contribution in [0.2, 0.25) is 0 Å². The van der Waals surface area contributed by atoms with Crippen molar-refractivity contribution in [3.05, 3.63) is 36.0 Å². The summed E-state index contributed by atoms with van der Waals surface area (Å²) in [6.07, 6.45) is 0.808. The molecule has 1 amide bonds. The smallest absolute Gasteiger partial charge is 0.267 e. The fraction of sp³-hybridized carbons (Fsp3) is 0.357. The Bertz CT molecular complexity index is 500. The summed E-state index contributed by atoms with van der Waals surface area (Å²) in [5.74, 6) is -0.0743. The third kappa shape index (κ3) is 2.90. The van der Waals surface area contributed by atoms with E-state index in [0.717, 1.165) is 17.3 Å². The molecule has 0 fully saturated rings. The highest BCUT2D eigenvalue weighted by atomic mass is 16.5. The molecule has 4 nitrogen and oxygen atoms in total. The van der Waals surface area contributed by atoms with E-state index in [4.69, 9.17) is 4.74 Å². The van der Waals surface area contributed by atoms with Gasteiger partial charge in [-0.3, -0.25) is 4.79 Å². The molecule has 1 aromatic heterocycles. The number of aromatic nitrogens is 1. The lowest BCUT2D eigenvalue weighted by Crippen LogP contribution is -2.33. The zero-order valence-corrected chi connectivity index (χ0v) is 10.7. The molecule has 2 aromatic rings. The summed E-state index contributed by atoms with van der Waals surface area (Å²) in [5.41, 5.74) is 1.58. The van der Waals surface area contributed by atoms with E-state index in [9.17, 15) is 4.79 Å². The van der Waals surface area contributed by atoms with E-state index in [0.29, 0.717) is 12.3 Å². The molecule has 0 aliphatic heterocycles. The number of H-pyrrole nitrogens is 1. The SMILES string of the molecule is COCCC(C)NC(=O)c1cc2ccccc2[nH]1. The van der Waals surface area contributed by atoms with Gasteiger partial charge >= 0.3 is 0 Å². The number of rotatable bonds is 5. The van der Waals surface area contributed by atoms with E-state index in [1.807, 2.05) is 37.3 Å². The third-order valence-electron chi connectivity index (χ3n) is 2.91. The summed E-state index contributed by atoms with van der Waals surface area (Å²) in [6.45, 7) is 2.62. The van der Waals surface area contributed by atoms with Crippen molar-refractivity contribution in [1.82, 2.24) is 10.3 Å². The van der Waals surface area contributed by atoms with Gasteiger partial charge in [-0.15, -0.1) is 0 Å². The second-order valence-electron chi connectivity index (χ2n) is 4.43. The Morgan fingerprint density at radius 1 is 1.44 bits per heavy atom. The molecule has 0 saturated heterocycles. The average Bonchev–Trinajstić information content (AvgIpc) is 2.80. The van der Waals surface area contributed by atoms with Crippen molar-refractivity contribution < 1.29 is 9.53 Å². The highest BCUT2D eigenvalue weighted by Gasteiger charge is 2.11. The maximum Gasteiger partial charge on any atom is 0.267 e. The maximum atomic E-state index is 12.0. The summed E-state index contributed by atoms with van der Waals surface area (Å²) in [6, 6.07) is 9.82. The van der Waals surface area contributed by atoms with Crippen LogP contribution in [0.15, 0.2) is 30.3 Å². The van der Waals surface area contributed by atoms with Crippen molar-refractivity contribution >= 4 is 16.8 Å². The molecule has 0 radical (unpaired) electrons. The largest absolute Gasteiger partial charge is 0.385 e. The lowest BCUT2D eigenvalue weighted by atomic mass is 10.2. The summed E-state index contributed by atoms with van der Waals surface area (Å²) in [7, 11) is 1.66. The summed E-state index contributed by atoms with van der Waals surface area (Å²) < 4.78 is 4.99. The number of carbonyl (C=O) groups excluding carboxylic acids is 1. The molecule has 0 saturated carbocycles. The molecule has 1 heterocycles. The van der Waals surface area contributed by atoms with E-state index < -0.39 is 0 Å². The number of hydrogen-bond acceptors (Lipinski definition) is 2. The number of methoxy groups -OCH3 is 1. The number of para-hydroxylation sites is 1. The Kier molecular flexibility index (Phi) is 3.99. The molecule has 1 unspecified atom stereocenters. The van der Waals surface area contributed by atoms with Crippen molar-refractivity contribution in [2.24, 2.45) is 0 Å². The number of carbonyl (C=O) groups is 1. The predicted molar refractivity (Wildman–Crippen MR) is 71.7 cm³/mol. The number of amides is 1. The minimum absolute atomic E-state index is 0.0743. The van der Waals surface area contributed by atoms with Gasteiger partial charge < -0.3 is 15.0 Å². The molecule has 0 aliphatic rings. The van der Waals surface area contributed by atoms with Gasteiger partial charge in [0.15, 0.2) is 0 Å². The van der Waals surface area contributed by atoms with Crippen LogP contribution < -0.4 is 5.32 Å². The summed E-state index contributed by atoms with van der Waals surface area (Å²) in [4.78, 5) is 15.1. The van der Waals surface area contributed by atoms with Gasteiger partial charge in [0.1, 0.15) is 5.69 Å². The predicted octanol–water partition coefficient (Wildman–Crippen LogP) is 2.32. The monoisotopic (exact) mass is 246 g/mol. The standard InChI is InChI=1S/C14H18N2O2/c1-10(7-8-18-2)15-14(17)13-9-11-5-3-4-6-12(11)16-13/h3-6,9-10,16H,7-8H2,1-2H3,(H,15,17). The topological polar surface area (TPSA) is 54.1 Å². The van der Waals surface area contributed by atoms with Crippen LogP contribution >= 0.6 is 0 Å². The minimum atomic E-state index is -0.0743. The van der Waals surface area contributed by atoms with Gasteiger partial charge in [-0.1, -0.05) is 18.2 Å². The first kappa shape index (κ1) is 12.6. The highest BCUT2D eigenvalue weighted by Crippen LogP contribution is 2.14. The molecule has 18 heavy (non-hydrogen) atoms. The van der Waals surface area contributed by atoms with Crippen molar-refractivity contribution in [2.75, 3.05) is 13.7 Å². The fourth-order valence-corrected chi connectivity index (χ4v) is 1.86. The Morgan fingerprint density at radius 3 is 2.94 bits per heavy atom. The van der Waals surface area contributed by atoms with Crippen molar-refractivity contribution in [1.29, 1.82) is 0 Å². The highest BCUT2D eigenvalue weighted by molar-refractivity contribution is 5.98. The van der Waals surface area contributed by atoms with Crippen LogP contribution in [-0.4, -0.2) is 30.6 Å². The van der Waals surface area contributed by atoms with Crippen LogP contribution in [0.3, 0.4) is 0 Å². The van der Waals surface area contributed by atoms with Crippen LogP contribution in [-0.2, 0) is 4.74 Å². The zero-order chi connectivity index (χ0) is 13.0. The first-order chi connectivity index (χ1) is 8.70. The van der Waals surface area contributed by atoms with Crippen LogP contribution in [0.5, 0.6) is 0 Å². The lowest BCUT2D eigenvalue weighted by molar-refractivity contribution is 0.0925. The second kappa shape index (κ2) is 5.69. The van der Waals surface area contributed by atoms with E-state index >= 15 is 0 Å². The molecule has 2 rings (SSSR count). The summed E-state index contributed by atoms with van der Waals surface area (Å²) >= 11 is 0. The molecule has 2 N–H and O–H groups in total. The van der Waals surface area contributed by atoms with E-state index in [2.05, 4.69) is 10.3 Å². The molecule has 0 spiro atoms. The average molecular weight is 246 g/mol. The van der Waals surface area contributed by atoms with Gasteiger partial charge in [0, 0.05) is 30.7 Å². The normalized spacial score (nSPS) is 12.6. The van der Waals surface area contributed by atoms with Crippen LogP contribution in [0.1, 0.15) is 23.8 Å². The van der Waals surface area contributed by atoms with E-state index in [-0.39, 0.29) is 11.9 Å². The molecular formula is C14H18N2O2. The van der Waals surface area contributed by atoms with E-state index in [1.165, 1.54) is 0 Å². The quantitative estimate of drug-likeness (QED) is 0.850. The van der Waals surface area contributed by atoms with Gasteiger partial charge in [0.2, 0.25) is 0 Å². The lowest BCUT2D eigenvalue weighted by Gasteiger charge is -2.12. The van der Waals surface area contributed by atoms with Crippen LogP contribution in [0, 0.1) is 0 Å². The van der Waals surface area contributed by atoms with Crippen molar-refractivity contribution in [3.8, 4) is 0 Å². The molecule has 1 aromatic carbocycles. The Hall–Kier alpha value is -1.81. The number of nitrogens with one attached hydrogen (secondary N) is 2. The van der Waals surface area contributed by atoms with Crippen molar-refractivity contribution in [3.63, 3.8) is 0 Å². The van der Waals surface area contributed by atoms with E-state index in [1.54, 1.807) is 7.11 Å². The number of fused-ring (bicyclic) bond motifs is 1. The first-order valence-corrected chi connectivity index (χ1v) is 6.08. The summed E-state index contributed by atoms with van der Waals surface area (Å²) in [5, 5.41) is 3.99. The van der Waals surface area contributed by atoms with Crippen molar-refractivity contribution in [2.45, 2.75) is 19.4 Å². The zero-order valence-electron chi connectivity index (χ0n) is 10.7. The number of ether oxygens (including phenoxy) is 1. The molecule has 0 bridgehead atoms. The molecule has 1 atom stereocenters. The van der Waals surface area contributed by atoms with Gasteiger partial charge in [0.05, 0.1) is 0 Å². The van der Waals surface area contributed by atoms with Gasteiger partial charge in [-0.2, -0.15) is 0 Å². The fourth-order valence-electron chi connectivity index (χ4n) is 1.86. The number of benzene rings is 1. The molecular weight excluding hydrogens is 228 g/mol. The Labute approximate surface area is 106 Å². The molecule has 4 heteroatoms. The van der Waals surface area contributed by atoms with Gasteiger partial charge in [-0.05, 0) is 25.5 Å². The Balaban J connectivity index is 2.04. The van der Waals surface area contributed by atoms with Crippen LogP contribution in [0.25, 0.3) is 10.9 Å². The van der Waals surface area contributed by atoms with Gasteiger partial charge in [0.25, 0.3) is 5.91 Å². The molecule has 0 aliphatic carbocycles. The third-order valence-corrected chi connectivity index (χ3v) is 2.91. The Morgan fingerprint density at radius 2 is 2.22 bits per heavy atom. The maximum absolute atomic E-state index is 12.0. The minimum Gasteiger partial charge on any atom is -0.385 e. The number of aromatic amines is 1. The first-order valence-electron chi connectivity index (χ1n) is 6.08. The molecule has 96 valence electrons.